The first-order chi connectivity index (χ1) is 13.8. The Morgan fingerprint density at radius 1 is 0.931 bits per heavy atom. The molecule has 0 atom stereocenters. The zero-order chi connectivity index (χ0) is 21.0. The SMILES string of the molecule is CC1=CC(=NS(=O)(=O)c2ccc(C)cc2)C=C(O/N=C(\C)c2ccccc2)C1=O. The van der Waals surface area contributed by atoms with Gasteiger partial charge in [-0.2, -0.15) is 12.8 Å². The van der Waals surface area contributed by atoms with Gasteiger partial charge in [-0.05, 0) is 44.5 Å². The number of carbonyl (C=O) groups is 1. The van der Waals surface area contributed by atoms with Crippen LogP contribution in [0.25, 0.3) is 0 Å². The third-order valence-corrected chi connectivity index (χ3v) is 5.56. The summed E-state index contributed by atoms with van der Waals surface area (Å²) in [4.78, 5) is 17.8. The number of benzene rings is 2. The van der Waals surface area contributed by atoms with Gasteiger partial charge >= 0.3 is 0 Å². The van der Waals surface area contributed by atoms with Crippen LogP contribution in [0.3, 0.4) is 0 Å². The summed E-state index contributed by atoms with van der Waals surface area (Å²) in [5, 5.41) is 4.00. The first-order valence-corrected chi connectivity index (χ1v) is 10.3. The van der Waals surface area contributed by atoms with Gasteiger partial charge in [-0.25, -0.2) is 0 Å². The van der Waals surface area contributed by atoms with Crippen LogP contribution in [0.15, 0.2) is 92.5 Å². The maximum Gasteiger partial charge on any atom is 0.282 e. The van der Waals surface area contributed by atoms with Crippen LogP contribution in [0.1, 0.15) is 25.0 Å². The number of aryl methyl sites for hydroxylation is 1. The van der Waals surface area contributed by atoms with Gasteiger partial charge in [-0.1, -0.05) is 53.2 Å². The molecule has 7 heteroatoms. The molecule has 0 saturated heterocycles. The van der Waals surface area contributed by atoms with Crippen LogP contribution in [-0.2, 0) is 19.7 Å². The normalized spacial score (nSPS) is 16.4. The van der Waals surface area contributed by atoms with E-state index in [1.807, 2.05) is 37.3 Å². The molecule has 2 aromatic carbocycles. The Bertz CT molecular complexity index is 1160. The summed E-state index contributed by atoms with van der Waals surface area (Å²) >= 11 is 0. The molecule has 2 aromatic rings. The van der Waals surface area contributed by atoms with E-state index >= 15 is 0 Å². The van der Waals surface area contributed by atoms with Gasteiger partial charge in [-0.15, -0.1) is 0 Å². The van der Waals surface area contributed by atoms with Crippen molar-refractivity contribution < 1.29 is 18.0 Å². The van der Waals surface area contributed by atoms with E-state index in [1.54, 1.807) is 26.0 Å². The number of rotatable bonds is 5. The minimum atomic E-state index is -3.92. The minimum absolute atomic E-state index is 0.0763. The fourth-order valence-electron chi connectivity index (χ4n) is 2.60. The monoisotopic (exact) mass is 408 g/mol. The average molecular weight is 408 g/mol. The second kappa shape index (κ2) is 8.36. The number of carbonyl (C=O) groups excluding carboxylic acids is 1. The second-order valence-electron chi connectivity index (χ2n) is 6.60. The van der Waals surface area contributed by atoms with Crippen LogP contribution in [-0.4, -0.2) is 25.6 Å². The van der Waals surface area contributed by atoms with Crippen LogP contribution in [0.5, 0.6) is 0 Å². The zero-order valence-electron chi connectivity index (χ0n) is 16.3. The van der Waals surface area contributed by atoms with Crippen molar-refractivity contribution in [3.8, 4) is 0 Å². The number of oxime groups is 1. The molecule has 0 saturated carbocycles. The predicted octanol–water partition coefficient (Wildman–Crippen LogP) is 3.98. The third kappa shape index (κ3) is 4.94. The van der Waals surface area contributed by atoms with E-state index in [0.29, 0.717) is 11.3 Å². The summed E-state index contributed by atoms with van der Waals surface area (Å²) in [6, 6.07) is 15.7. The molecule has 0 unspecified atom stereocenters. The molecule has 0 radical (unpaired) electrons. The number of Topliss-reactive ketones (excluding diaryl/α,β-unsaturated/α-hetero) is 1. The van der Waals surface area contributed by atoms with Gasteiger partial charge in [0.1, 0.15) is 0 Å². The van der Waals surface area contributed by atoms with Crippen molar-refractivity contribution in [1.82, 2.24) is 0 Å². The zero-order valence-corrected chi connectivity index (χ0v) is 17.1. The quantitative estimate of drug-likeness (QED) is 0.425. The summed E-state index contributed by atoms with van der Waals surface area (Å²) in [6.45, 7) is 5.19. The predicted molar refractivity (Wildman–Crippen MR) is 112 cm³/mol. The Morgan fingerprint density at radius 2 is 1.59 bits per heavy atom. The van der Waals surface area contributed by atoms with Crippen LogP contribution in [0.4, 0.5) is 0 Å². The maximum atomic E-state index is 12.6. The molecule has 1 aliphatic carbocycles. The highest BCUT2D eigenvalue weighted by atomic mass is 32.2. The third-order valence-electron chi connectivity index (χ3n) is 4.24. The van der Waals surface area contributed by atoms with Crippen molar-refractivity contribution >= 4 is 27.2 Å². The number of hydrogen-bond acceptors (Lipinski definition) is 5. The molecule has 6 nitrogen and oxygen atoms in total. The Labute approximate surface area is 170 Å². The van der Waals surface area contributed by atoms with E-state index in [1.165, 1.54) is 24.3 Å². The Morgan fingerprint density at radius 3 is 2.24 bits per heavy atom. The molecule has 0 bridgehead atoms. The van der Waals surface area contributed by atoms with E-state index < -0.39 is 10.0 Å². The molecular weight excluding hydrogens is 388 g/mol. The lowest BCUT2D eigenvalue weighted by Gasteiger charge is -2.11. The molecule has 0 aliphatic heterocycles. The van der Waals surface area contributed by atoms with E-state index in [0.717, 1.165) is 11.1 Å². The van der Waals surface area contributed by atoms with Gasteiger partial charge in [0.25, 0.3) is 10.0 Å². The Hall–Kier alpha value is -3.32. The van der Waals surface area contributed by atoms with Gasteiger partial charge in [0, 0.05) is 11.6 Å². The fourth-order valence-corrected chi connectivity index (χ4v) is 3.56. The van der Waals surface area contributed by atoms with E-state index in [9.17, 15) is 13.2 Å². The number of hydrogen-bond donors (Lipinski definition) is 0. The standard InChI is InChI=1S/C22H20N2O4S/c1-15-9-11-20(12-10-15)29(26,27)24-19-13-16(2)22(25)21(14-19)28-23-17(3)18-7-5-4-6-8-18/h4-14H,1-3H3/b23-17+,24-19?. The molecule has 0 spiro atoms. The fraction of sp³-hybridized carbons (Fsp3) is 0.136. The first kappa shape index (κ1) is 20.4. The molecule has 0 aromatic heterocycles. The number of nitrogens with zero attached hydrogens (tertiary/aromatic N) is 2. The summed E-state index contributed by atoms with van der Waals surface area (Å²) in [6.07, 6.45) is 2.69. The molecule has 3 rings (SSSR count). The molecule has 0 N–H and O–H groups in total. The van der Waals surface area contributed by atoms with Crippen molar-refractivity contribution in [2.24, 2.45) is 9.55 Å². The summed E-state index contributed by atoms with van der Waals surface area (Å²) < 4.78 is 29.0. The van der Waals surface area contributed by atoms with Crippen LogP contribution in [0, 0.1) is 6.92 Å². The lowest BCUT2D eigenvalue weighted by atomic mass is 10.0. The molecule has 29 heavy (non-hydrogen) atoms. The highest BCUT2D eigenvalue weighted by molar-refractivity contribution is 7.90. The van der Waals surface area contributed by atoms with Crippen molar-refractivity contribution in [3.05, 3.63) is 89.2 Å². The minimum Gasteiger partial charge on any atom is -0.352 e. The Balaban J connectivity index is 1.90. The number of allylic oxidation sites excluding steroid dienone is 3. The molecule has 0 fully saturated rings. The maximum absolute atomic E-state index is 12.6. The van der Waals surface area contributed by atoms with Gasteiger partial charge < -0.3 is 4.84 Å². The van der Waals surface area contributed by atoms with E-state index in [-0.39, 0.29) is 22.1 Å². The molecule has 0 heterocycles. The van der Waals surface area contributed by atoms with Crippen molar-refractivity contribution in [2.75, 3.05) is 0 Å². The van der Waals surface area contributed by atoms with Crippen molar-refractivity contribution in [3.63, 3.8) is 0 Å². The van der Waals surface area contributed by atoms with Crippen LogP contribution < -0.4 is 0 Å². The molecule has 1 aliphatic rings. The molecule has 148 valence electrons. The summed E-state index contributed by atoms with van der Waals surface area (Å²) in [7, 11) is -3.92. The smallest absolute Gasteiger partial charge is 0.282 e. The number of sulfonamides is 1. The van der Waals surface area contributed by atoms with Gasteiger partial charge in [-0.3, -0.25) is 4.79 Å². The largest absolute Gasteiger partial charge is 0.352 e. The lowest BCUT2D eigenvalue weighted by Crippen LogP contribution is -2.15. The van der Waals surface area contributed by atoms with Gasteiger partial charge in [0.2, 0.25) is 11.5 Å². The topological polar surface area (TPSA) is 85.2 Å². The van der Waals surface area contributed by atoms with E-state index in [2.05, 4.69) is 9.55 Å². The second-order valence-corrected chi connectivity index (χ2v) is 8.21. The number of ketones is 1. The van der Waals surface area contributed by atoms with Gasteiger partial charge in [0.05, 0.1) is 16.3 Å². The first-order valence-electron chi connectivity index (χ1n) is 8.89. The van der Waals surface area contributed by atoms with Crippen molar-refractivity contribution in [2.45, 2.75) is 25.7 Å². The highest BCUT2D eigenvalue weighted by Gasteiger charge is 2.22. The van der Waals surface area contributed by atoms with Gasteiger partial charge in [0.15, 0.2) is 0 Å². The highest BCUT2D eigenvalue weighted by Crippen LogP contribution is 2.19. The van der Waals surface area contributed by atoms with E-state index in [4.69, 9.17) is 4.84 Å². The van der Waals surface area contributed by atoms with Crippen LogP contribution in [0.2, 0.25) is 0 Å². The summed E-state index contributed by atoms with van der Waals surface area (Å²) in [5.74, 6) is -0.459. The molecular formula is C22H20N2O4S. The lowest BCUT2D eigenvalue weighted by molar-refractivity contribution is -0.115. The molecule has 0 amide bonds. The summed E-state index contributed by atoms with van der Waals surface area (Å²) in [5.41, 5.74) is 2.78. The average Bonchev–Trinajstić information content (AvgIpc) is 2.70. The van der Waals surface area contributed by atoms with Crippen LogP contribution >= 0.6 is 0 Å². The Kier molecular flexibility index (Phi) is 5.89. The van der Waals surface area contributed by atoms with Crippen molar-refractivity contribution in [1.29, 1.82) is 0 Å².